The third-order valence-electron chi connectivity index (χ3n) is 3.72. The summed E-state index contributed by atoms with van der Waals surface area (Å²) in [5, 5.41) is 5.35. The lowest BCUT2D eigenvalue weighted by atomic mass is 10.2. The number of amides is 1. The van der Waals surface area contributed by atoms with Crippen molar-refractivity contribution in [1.82, 2.24) is 14.9 Å². The van der Waals surface area contributed by atoms with Crippen molar-refractivity contribution in [3.63, 3.8) is 0 Å². The fourth-order valence-corrected chi connectivity index (χ4v) is 3.41. The van der Waals surface area contributed by atoms with E-state index in [-0.39, 0.29) is 11.7 Å². The Morgan fingerprint density at radius 1 is 1.43 bits per heavy atom. The number of carbonyl (C=O) groups excluding carboxylic acids is 1. The molecule has 1 aliphatic heterocycles. The highest BCUT2D eigenvalue weighted by Gasteiger charge is 2.23. The molecule has 122 valence electrons. The minimum atomic E-state index is -0.580. The van der Waals surface area contributed by atoms with E-state index in [2.05, 4.69) is 37.7 Å². The van der Waals surface area contributed by atoms with Gasteiger partial charge in [0.05, 0.1) is 31.6 Å². The molecule has 1 unspecified atom stereocenters. The van der Waals surface area contributed by atoms with Crippen molar-refractivity contribution in [3.8, 4) is 0 Å². The second kappa shape index (κ2) is 7.49. The zero-order valence-electron chi connectivity index (χ0n) is 12.6. The van der Waals surface area contributed by atoms with Crippen LogP contribution in [0.2, 0.25) is 0 Å². The highest BCUT2D eigenvalue weighted by molar-refractivity contribution is 7.10. The van der Waals surface area contributed by atoms with E-state index in [4.69, 9.17) is 10.5 Å². The first-order valence-corrected chi connectivity index (χ1v) is 8.33. The number of nitrogens with zero attached hydrogens (tertiary/aromatic N) is 3. The lowest BCUT2D eigenvalue weighted by molar-refractivity contribution is 0.0194. The summed E-state index contributed by atoms with van der Waals surface area (Å²) in [7, 11) is 0. The van der Waals surface area contributed by atoms with Crippen LogP contribution >= 0.6 is 11.3 Å². The number of primary amides is 1. The van der Waals surface area contributed by atoms with E-state index < -0.39 is 5.91 Å². The molecular weight excluding hydrogens is 314 g/mol. The molecule has 0 spiro atoms. The number of aromatic nitrogens is 2. The minimum absolute atomic E-state index is 0.161. The molecule has 7 nitrogen and oxygen atoms in total. The molecule has 1 fully saturated rings. The Bertz CT molecular complexity index is 643. The van der Waals surface area contributed by atoms with Gasteiger partial charge in [-0.3, -0.25) is 14.7 Å². The van der Waals surface area contributed by atoms with Gasteiger partial charge in [0.1, 0.15) is 11.5 Å². The van der Waals surface area contributed by atoms with Crippen molar-refractivity contribution in [1.29, 1.82) is 0 Å². The predicted octanol–water partition coefficient (Wildman–Crippen LogP) is 1.12. The number of anilines is 1. The van der Waals surface area contributed by atoms with Gasteiger partial charge < -0.3 is 15.8 Å². The van der Waals surface area contributed by atoms with Gasteiger partial charge in [-0.1, -0.05) is 6.07 Å². The molecule has 0 aromatic carbocycles. The molecule has 1 aliphatic rings. The number of hydrogen-bond donors (Lipinski definition) is 2. The minimum Gasteiger partial charge on any atom is -0.379 e. The molecular formula is C15H19N5O2S. The van der Waals surface area contributed by atoms with E-state index in [1.165, 1.54) is 11.1 Å². The van der Waals surface area contributed by atoms with Gasteiger partial charge in [-0.05, 0) is 11.4 Å². The lowest BCUT2D eigenvalue weighted by Gasteiger charge is -2.34. The van der Waals surface area contributed by atoms with E-state index in [0.29, 0.717) is 12.4 Å². The summed E-state index contributed by atoms with van der Waals surface area (Å²) in [5.74, 6) is -0.0275. The summed E-state index contributed by atoms with van der Waals surface area (Å²) in [6.07, 6.45) is 2.96. The molecule has 0 saturated carbocycles. The van der Waals surface area contributed by atoms with Crippen LogP contribution in [0.4, 0.5) is 5.82 Å². The van der Waals surface area contributed by atoms with Crippen molar-refractivity contribution < 1.29 is 9.53 Å². The normalized spacial score (nSPS) is 16.9. The third-order valence-corrected chi connectivity index (χ3v) is 4.70. The second-order valence-corrected chi connectivity index (χ2v) is 6.19. The molecule has 23 heavy (non-hydrogen) atoms. The smallest absolute Gasteiger partial charge is 0.268 e. The molecule has 3 N–H and O–H groups in total. The SMILES string of the molecule is NC(=O)c1cncc(NCC(c2cccs2)N2CCOCC2)n1. The predicted molar refractivity (Wildman–Crippen MR) is 88.5 cm³/mol. The Morgan fingerprint density at radius 2 is 2.26 bits per heavy atom. The average Bonchev–Trinajstić information content (AvgIpc) is 3.11. The van der Waals surface area contributed by atoms with Crippen molar-refractivity contribution in [2.24, 2.45) is 5.73 Å². The maximum atomic E-state index is 11.2. The molecule has 0 aliphatic carbocycles. The van der Waals surface area contributed by atoms with Crippen LogP contribution < -0.4 is 11.1 Å². The molecule has 3 heterocycles. The average molecular weight is 333 g/mol. The zero-order chi connectivity index (χ0) is 16.1. The quantitative estimate of drug-likeness (QED) is 0.823. The lowest BCUT2D eigenvalue weighted by Crippen LogP contribution is -2.41. The van der Waals surface area contributed by atoms with E-state index in [1.807, 2.05) is 0 Å². The van der Waals surface area contributed by atoms with Gasteiger partial charge in [0, 0.05) is 24.5 Å². The molecule has 1 atom stereocenters. The van der Waals surface area contributed by atoms with Crippen LogP contribution in [0, 0.1) is 0 Å². The number of morpholine rings is 1. The van der Waals surface area contributed by atoms with Crippen molar-refractivity contribution in [3.05, 3.63) is 40.5 Å². The van der Waals surface area contributed by atoms with Crippen molar-refractivity contribution >= 4 is 23.1 Å². The van der Waals surface area contributed by atoms with E-state index >= 15 is 0 Å². The first-order chi connectivity index (χ1) is 11.2. The monoisotopic (exact) mass is 333 g/mol. The Morgan fingerprint density at radius 3 is 2.96 bits per heavy atom. The van der Waals surface area contributed by atoms with Crippen LogP contribution in [0.15, 0.2) is 29.9 Å². The van der Waals surface area contributed by atoms with E-state index in [1.54, 1.807) is 17.5 Å². The summed E-state index contributed by atoms with van der Waals surface area (Å²) in [5.41, 5.74) is 5.40. The molecule has 0 radical (unpaired) electrons. The van der Waals surface area contributed by atoms with Crippen molar-refractivity contribution in [2.75, 3.05) is 38.2 Å². The maximum absolute atomic E-state index is 11.2. The Labute approximate surface area is 138 Å². The topological polar surface area (TPSA) is 93.4 Å². The molecule has 2 aromatic heterocycles. The Balaban J connectivity index is 1.71. The fraction of sp³-hybridized carbons (Fsp3) is 0.400. The standard InChI is InChI=1S/C15H19N5O2S/c16-15(21)11-8-17-10-14(19-11)18-9-12(13-2-1-7-23-13)20-3-5-22-6-4-20/h1-2,7-8,10,12H,3-6,9H2,(H2,16,21)(H,18,19). The van der Waals surface area contributed by atoms with Crippen molar-refractivity contribution in [2.45, 2.75) is 6.04 Å². The van der Waals surface area contributed by atoms with Crippen LogP contribution in [-0.2, 0) is 4.74 Å². The maximum Gasteiger partial charge on any atom is 0.268 e. The molecule has 8 heteroatoms. The number of rotatable bonds is 6. The van der Waals surface area contributed by atoms with Gasteiger partial charge in [0.15, 0.2) is 0 Å². The number of ether oxygens (including phenoxy) is 1. The first-order valence-electron chi connectivity index (χ1n) is 7.45. The second-order valence-electron chi connectivity index (χ2n) is 5.21. The van der Waals surface area contributed by atoms with E-state index in [9.17, 15) is 4.79 Å². The van der Waals surface area contributed by atoms with Gasteiger partial charge in [-0.25, -0.2) is 4.98 Å². The van der Waals surface area contributed by atoms with Crippen LogP contribution in [0.5, 0.6) is 0 Å². The van der Waals surface area contributed by atoms with Crippen LogP contribution in [-0.4, -0.2) is 53.6 Å². The summed E-state index contributed by atoms with van der Waals surface area (Å²) in [6.45, 7) is 3.98. The first kappa shape index (κ1) is 15.9. The summed E-state index contributed by atoms with van der Waals surface area (Å²) >= 11 is 1.74. The molecule has 2 aromatic rings. The number of hydrogen-bond acceptors (Lipinski definition) is 7. The molecule has 0 bridgehead atoms. The zero-order valence-corrected chi connectivity index (χ0v) is 13.5. The summed E-state index contributed by atoms with van der Waals surface area (Å²) in [6, 6.07) is 4.43. The summed E-state index contributed by atoms with van der Waals surface area (Å²) in [4.78, 5) is 23.1. The Hall–Kier alpha value is -2.03. The summed E-state index contributed by atoms with van der Waals surface area (Å²) < 4.78 is 5.44. The molecule has 1 saturated heterocycles. The fourth-order valence-electron chi connectivity index (χ4n) is 2.55. The van der Waals surface area contributed by atoms with Gasteiger partial charge in [-0.15, -0.1) is 11.3 Å². The van der Waals surface area contributed by atoms with Gasteiger partial charge in [0.25, 0.3) is 5.91 Å². The van der Waals surface area contributed by atoms with E-state index in [0.717, 1.165) is 26.3 Å². The van der Waals surface area contributed by atoms with Crippen LogP contribution in [0.25, 0.3) is 0 Å². The highest BCUT2D eigenvalue weighted by atomic mass is 32.1. The van der Waals surface area contributed by atoms with Crippen LogP contribution in [0.3, 0.4) is 0 Å². The third kappa shape index (κ3) is 4.04. The number of thiophene rings is 1. The number of nitrogens with one attached hydrogen (secondary N) is 1. The van der Waals surface area contributed by atoms with Gasteiger partial charge in [0.2, 0.25) is 0 Å². The number of carbonyl (C=O) groups is 1. The molecule has 1 amide bonds. The highest BCUT2D eigenvalue weighted by Crippen LogP contribution is 2.26. The van der Waals surface area contributed by atoms with Gasteiger partial charge in [-0.2, -0.15) is 0 Å². The molecule has 3 rings (SSSR count). The van der Waals surface area contributed by atoms with Crippen LogP contribution in [0.1, 0.15) is 21.4 Å². The number of nitrogens with two attached hydrogens (primary N) is 1. The largest absolute Gasteiger partial charge is 0.379 e. The Kier molecular flexibility index (Phi) is 5.16. The van der Waals surface area contributed by atoms with Gasteiger partial charge >= 0.3 is 0 Å².